The number of halogens is 2. The van der Waals surface area contributed by atoms with E-state index >= 15 is 0 Å². The number of amides is 2. The van der Waals surface area contributed by atoms with E-state index in [1.165, 1.54) is 28.8 Å². The average Bonchev–Trinajstić information content (AvgIpc) is 3.53. The Bertz CT molecular complexity index is 1560. The van der Waals surface area contributed by atoms with Crippen LogP contribution in [0.2, 0.25) is 10.0 Å². The molecule has 0 saturated heterocycles. The summed E-state index contributed by atoms with van der Waals surface area (Å²) >= 11 is 13.9. The van der Waals surface area contributed by atoms with Crippen LogP contribution in [0.3, 0.4) is 0 Å². The second-order valence-corrected chi connectivity index (χ2v) is 14.1. The molecule has 0 spiro atoms. The Morgan fingerprint density at radius 3 is 2.34 bits per heavy atom. The fourth-order valence-electron chi connectivity index (χ4n) is 5.14. The van der Waals surface area contributed by atoms with E-state index in [4.69, 9.17) is 27.9 Å². The van der Waals surface area contributed by atoms with Gasteiger partial charge in [-0.3, -0.25) is 13.9 Å². The Morgan fingerprint density at radius 1 is 1.02 bits per heavy atom. The Labute approximate surface area is 274 Å². The number of rotatable bonds is 13. The van der Waals surface area contributed by atoms with Crippen molar-refractivity contribution in [3.05, 3.63) is 82.3 Å². The number of hydrogen-bond donors (Lipinski definition) is 1. The van der Waals surface area contributed by atoms with E-state index < -0.39 is 28.5 Å². The molecule has 44 heavy (non-hydrogen) atoms. The van der Waals surface area contributed by atoms with Gasteiger partial charge in [-0.15, -0.1) is 11.8 Å². The molecule has 1 saturated carbocycles. The van der Waals surface area contributed by atoms with E-state index in [2.05, 4.69) is 5.32 Å². The van der Waals surface area contributed by atoms with Crippen LogP contribution < -0.4 is 14.4 Å². The Kier molecular flexibility index (Phi) is 11.9. The van der Waals surface area contributed by atoms with Gasteiger partial charge in [0.15, 0.2) is 0 Å². The number of sulfonamides is 1. The predicted molar refractivity (Wildman–Crippen MR) is 177 cm³/mol. The van der Waals surface area contributed by atoms with E-state index in [1.807, 2.05) is 6.26 Å². The van der Waals surface area contributed by atoms with Gasteiger partial charge >= 0.3 is 0 Å². The molecule has 2 amide bonds. The lowest BCUT2D eigenvalue weighted by atomic mass is 10.1. The molecule has 0 unspecified atom stereocenters. The molecule has 0 radical (unpaired) electrons. The van der Waals surface area contributed by atoms with Crippen LogP contribution in [0.5, 0.6) is 5.75 Å². The third kappa shape index (κ3) is 8.21. The first-order chi connectivity index (χ1) is 21.0. The molecule has 1 fully saturated rings. The quantitative estimate of drug-likeness (QED) is 0.200. The number of para-hydroxylation sites is 2. The second kappa shape index (κ2) is 15.4. The maximum atomic E-state index is 14.3. The number of anilines is 1. The zero-order valence-electron chi connectivity index (χ0n) is 25.0. The molecule has 12 heteroatoms. The van der Waals surface area contributed by atoms with Crippen molar-refractivity contribution in [2.75, 3.05) is 23.7 Å². The van der Waals surface area contributed by atoms with Gasteiger partial charge in [0.2, 0.25) is 11.8 Å². The number of benzene rings is 3. The minimum Gasteiger partial charge on any atom is -0.492 e. The molecule has 1 aliphatic rings. The molecule has 0 aromatic heterocycles. The fourth-order valence-corrected chi connectivity index (χ4v) is 7.29. The van der Waals surface area contributed by atoms with Crippen LogP contribution in [-0.2, 0) is 26.2 Å². The summed E-state index contributed by atoms with van der Waals surface area (Å²) in [5, 5.41) is 3.73. The van der Waals surface area contributed by atoms with Crippen molar-refractivity contribution in [1.29, 1.82) is 0 Å². The minimum atomic E-state index is -4.24. The van der Waals surface area contributed by atoms with Gasteiger partial charge < -0.3 is 15.0 Å². The van der Waals surface area contributed by atoms with Gasteiger partial charge in [-0.2, -0.15) is 0 Å². The molecule has 1 aliphatic carbocycles. The third-order valence-electron chi connectivity index (χ3n) is 7.57. The van der Waals surface area contributed by atoms with Crippen molar-refractivity contribution in [2.24, 2.45) is 0 Å². The Hall–Kier alpha value is -2.92. The molecular formula is C32H37Cl2N3O5S2. The van der Waals surface area contributed by atoms with Gasteiger partial charge in [0, 0.05) is 17.5 Å². The molecular weight excluding hydrogens is 641 g/mol. The lowest BCUT2D eigenvalue weighted by molar-refractivity contribution is -0.139. The highest BCUT2D eigenvalue weighted by molar-refractivity contribution is 7.98. The van der Waals surface area contributed by atoms with Gasteiger partial charge in [0.1, 0.15) is 18.3 Å². The van der Waals surface area contributed by atoms with Gasteiger partial charge in [-0.25, -0.2) is 8.42 Å². The number of nitrogens with one attached hydrogen (secondary N) is 1. The molecule has 236 valence electrons. The number of thioether (sulfide) groups is 1. The average molecular weight is 679 g/mol. The second-order valence-electron chi connectivity index (χ2n) is 10.5. The number of carbonyl (C=O) groups excluding carboxylic acids is 2. The highest BCUT2D eigenvalue weighted by Gasteiger charge is 2.34. The summed E-state index contributed by atoms with van der Waals surface area (Å²) in [5.41, 5.74) is 0.860. The summed E-state index contributed by atoms with van der Waals surface area (Å²) in [7, 11) is -4.24. The first-order valence-corrected chi connectivity index (χ1v) is 17.9. The van der Waals surface area contributed by atoms with E-state index in [1.54, 1.807) is 68.4 Å². The summed E-state index contributed by atoms with van der Waals surface area (Å²) in [5.74, 6) is -0.557. The molecule has 8 nitrogen and oxygen atoms in total. The summed E-state index contributed by atoms with van der Waals surface area (Å²) in [6, 6.07) is 17.3. The first kappa shape index (κ1) is 34.0. The van der Waals surface area contributed by atoms with Gasteiger partial charge in [-0.1, -0.05) is 54.2 Å². The summed E-state index contributed by atoms with van der Waals surface area (Å²) in [4.78, 5) is 30.0. The Morgan fingerprint density at radius 2 is 1.70 bits per heavy atom. The van der Waals surface area contributed by atoms with Crippen molar-refractivity contribution < 1.29 is 22.7 Å². The summed E-state index contributed by atoms with van der Waals surface area (Å²) < 4.78 is 35.2. The van der Waals surface area contributed by atoms with Gasteiger partial charge in [-0.05, 0) is 87.0 Å². The summed E-state index contributed by atoms with van der Waals surface area (Å²) in [6.45, 7) is 3.18. The molecule has 4 rings (SSSR count). The fraction of sp³-hybridized carbons (Fsp3) is 0.375. The van der Waals surface area contributed by atoms with E-state index in [9.17, 15) is 18.0 Å². The molecule has 3 aromatic carbocycles. The van der Waals surface area contributed by atoms with Crippen molar-refractivity contribution in [1.82, 2.24) is 10.2 Å². The van der Waals surface area contributed by atoms with Crippen LogP contribution in [0.1, 0.15) is 45.1 Å². The highest BCUT2D eigenvalue weighted by Crippen LogP contribution is 2.33. The van der Waals surface area contributed by atoms with Crippen LogP contribution in [0.25, 0.3) is 0 Å². The molecule has 3 aromatic rings. The number of ether oxygens (including phenoxy) is 1. The van der Waals surface area contributed by atoms with Crippen LogP contribution in [0.4, 0.5) is 5.69 Å². The smallest absolute Gasteiger partial charge is 0.264 e. The molecule has 0 aliphatic heterocycles. The van der Waals surface area contributed by atoms with Crippen LogP contribution in [-0.4, -0.2) is 56.6 Å². The van der Waals surface area contributed by atoms with Crippen molar-refractivity contribution in [3.8, 4) is 5.75 Å². The van der Waals surface area contributed by atoms with Crippen molar-refractivity contribution in [2.45, 2.75) is 68.0 Å². The SMILES string of the molecule is CCOc1ccccc1N(CC(=O)N(Cc1ccc(Cl)c(Cl)c1)[C@@H](C)C(=O)NC1CCCC1)S(=O)(=O)c1ccc(SC)cc1. The standard InChI is InChI=1S/C32H37Cl2N3O5S2/c1-4-42-30-12-8-7-11-29(30)37(44(40,41)26-16-14-25(43-3)15-17-26)21-31(38)36(20-23-13-18-27(33)28(34)19-23)22(2)32(39)35-24-9-5-6-10-24/h7-8,11-19,22,24H,4-6,9-10,20-21H2,1-3H3,(H,35,39)/t22-/m0/s1. The monoisotopic (exact) mass is 677 g/mol. The van der Waals surface area contributed by atoms with Crippen molar-refractivity contribution in [3.63, 3.8) is 0 Å². The maximum Gasteiger partial charge on any atom is 0.264 e. The minimum absolute atomic E-state index is 0.0123. The lowest BCUT2D eigenvalue weighted by Crippen LogP contribution is -2.52. The topological polar surface area (TPSA) is 96.0 Å². The van der Waals surface area contributed by atoms with E-state index in [0.29, 0.717) is 28.0 Å². The summed E-state index contributed by atoms with van der Waals surface area (Å²) in [6.07, 6.45) is 5.74. The Balaban J connectivity index is 1.74. The third-order valence-corrected chi connectivity index (χ3v) is 10.8. The van der Waals surface area contributed by atoms with E-state index in [-0.39, 0.29) is 29.1 Å². The van der Waals surface area contributed by atoms with Crippen LogP contribution >= 0.6 is 35.0 Å². The van der Waals surface area contributed by atoms with Gasteiger partial charge in [0.05, 0.1) is 27.2 Å². The number of nitrogens with zero attached hydrogens (tertiary/aromatic N) is 2. The largest absolute Gasteiger partial charge is 0.492 e. The zero-order valence-corrected chi connectivity index (χ0v) is 28.1. The first-order valence-electron chi connectivity index (χ1n) is 14.5. The number of hydrogen-bond acceptors (Lipinski definition) is 6. The zero-order chi connectivity index (χ0) is 31.9. The maximum absolute atomic E-state index is 14.3. The molecule has 1 N–H and O–H groups in total. The molecule has 0 bridgehead atoms. The normalized spacial score (nSPS) is 14.2. The van der Waals surface area contributed by atoms with Crippen LogP contribution in [0.15, 0.2) is 76.5 Å². The lowest BCUT2D eigenvalue weighted by Gasteiger charge is -2.33. The molecule has 0 heterocycles. The molecule has 1 atom stereocenters. The van der Waals surface area contributed by atoms with E-state index in [0.717, 1.165) is 34.9 Å². The van der Waals surface area contributed by atoms with Gasteiger partial charge in [0.25, 0.3) is 10.0 Å². The number of carbonyl (C=O) groups is 2. The van der Waals surface area contributed by atoms with Crippen molar-refractivity contribution >= 4 is 62.5 Å². The van der Waals surface area contributed by atoms with Crippen LogP contribution in [0, 0.1) is 0 Å². The highest BCUT2D eigenvalue weighted by atomic mass is 35.5. The predicted octanol–water partition coefficient (Wildman–Crippen LogP) is 6.79.